The maximum atomic E-state index is 12.4. The summed E-state index contributed by atoms with van der Waals surface area (Å²) in [6, 6.07) is 13.8. The van der Waals surface area contributed by atoms with Crippen LogP contribution < -0.4 is 9.47 Å². The van der Waals surface area contributed by atoms with Gasteiger partial charge in [-0.2, -0.15) is 0 Å². The molecule has 0 saturated heterocycles. The van der Waals surface area contributed by atoms with Crippen LogP contribution in [0.25, 0.3) is 0 Å². The molecule has 0 N–H and O–H groups in total. The van der Waals surface area contributed by atoms with E-state index in [2.05, 4.69) is 0 Å². The van der Waals surface area contributed by atoms with Gasteiger partial charge >= 0.3 is 7.60 Å². The van der Waals surface area contributed by atoms with Crippen LogP contribution in [0.5, 0.6) is 17.2 Å². The molecule has 8 heteroatoms. The van der Waals surface area contributed by atoms with E-state index in [0.29, 0.717) is 22.3 Å². The number of rotatable bonds is 9. The first kappa shape index (κ1) is 21.5. The molecular formula is C19H22ClO6P. The summed E-state index contributed by atoms with van der Waals surface area (Å²) in [5.74, 6) is 1.34. The van der Waals surface area contributed by atoms with Crippen LogP contribution in [0.1, 0.15) is 13.8 Å². The van der Waals surface area contributed by atoms with Crippen LogP contribution in [-0.2, 0) is 18.4 Å². The third-order valence-corrected chi connectivity index (χ3v) is 5.85. The maximum absolute atomic E-state index is 12.4. The number of hydrogen-bond acceptors (Lipinski definition) is 6. The Balaban J connectivity index is 2.02. The first-order valence-corrected chi connectivity index (χ1v) is 10.2. The van der Waals surface area contributed by atoms with Gasteiger partial charge in [0.25, 0.3) is 0 Å². The molecule has 0 radical (unpaired) electrons. The molecule has 2 aromatic carbocycles. The van der Waals surface area contributed by atoms with Crippen molar-refractivity contribution in [1.29, 1.82) is 0 Å². The van der Waals surface area contributed by atoms with Crippen molar-refractivity contribution >= 4 is 25.0 Å². The molecule has 0 atom stereocenters. The molecule has 0 saturated carbocycles. The Morgan fingerprint density at radius 2 is 1.37 bits per heavy atom. The summed E-state index contributed by atoms with van der Waals surface area (Å²) in [5, 5.41) is 0.629. The Morgan fingerprint density at radius 3 is 1.85 bits per heavy atom. The van der Waals surface area contributed by atoms with Gasteiger partial charge in [-0.1, -0.05) is 11.6 Å². The van der Waals surface area contributed by atoms with E-state index in [4.69, 9.17) is 30.1 Å². The molecule has 2 aromatic rings. The summed E-state index contributed by atoms with van der Waals surface area (Å²) in [4.78, 5) is 12.4. The molecule has 0 aliphatic carbocycles. The number of benzene rings is 2. The van der Waals surface area contributed by atoms with Crippen molar-refractivity contribution in [2.24, 2.45) is 0 Å². The van der Waals surface area contributed by atoms with Gasteiger partial charge in [-0.05, 0) is 62.4 Å². The minimum Gasteiger partial charge on any atom is -0.480 e. The molecule has 0 bridgehead atoms. The summed E-state index contributed by atoms with van der Waals surface area (Å²) in [6.45, 7) is 3.20. The normalized spacial score (nSPS) is 11.9. The Hall–Kier alpha value is -1.85. The highest BCUT2D eigenvalue weighted by molar-refractivity contribution is 7.54. The quantitative estimate of drug-likeness (QED) is 0.517. The molecule has 0 heterocycles. The average molecular weight is 413 g/mol. The molecule has 0 unspecified atom stereocenters. The molecule has 2 rings (SSSR count). The van der Waals surface area contributed by atoms with Crippen LogP contribution in [-0.4, -0.2) is 31.8 Å². The summed E-state index contributed by atoms with van der Waals surface area (Å²) in [7, 11) is -0.966. The van der Waals surface area contributed by atoms with Crippen molar-refractivity contribution in [3.63, 3.8) is 0 Å². The van der Waals surface area contributed by atoms with Gasteiger partial charge in [0.15, 0.2) is 11.4 Å². The van der Waals surface area contributed by atoms with Crippen molar-refractivity contribution in [3.8, 4) is 17.2 Å². The van der Waals surface area contributed by atoms with E-state index in [-0.39, 0.29) is 6.16 Å². The van der Waals surface area contributed by atoms with Gasteiger partial charge in [0.1, 0.15) is 23.4 Å². The molecule has 0 amide bonds. The van der Waals surface area contributed by atoms with E-state index in [1.165, 1.54) is 14.2 Å². The van der Waals surface area contributed by atoms with Crippen molar-refractivity contribution < 1.29 is 27.9 Å². The van der Waals surface area contributed by atoms with Crippen LogP contribution in [0.2, 0.25) is 5.02 Å². The second kappa shape index (κ2) is 8.89. The topological polar surface area (TPSA) is 71.1 Å². The average Bonchev–Trinajstić information content (AvgIpc) is 2.64. The number of ketones is 1. The van der Waals surface area contributed by atoms with Crippen LogP contribution in [0.3, 0.4) is 0 Å². The number of Topliss-reactive ketones (excluding diaryl/α,β-unsaturated/α-hetero) is 1. The number of hydrogen-bond donors (Lipinski definition) is 0. The summed E-state index contributed by atoms with van der Waals surface area (Å²) in [5.41, 5.74) is -1.20. The van der Waals surface area contributed by atoms with Crippen molar-refractivity contribution in [2.45, 2.75) is 19.4 Å². The Bertz CT molecular complexity index is 809. The minimum absolute atomic E-state index is 0.370. The largest absolute Gasteiger partial charge is 0.480 e. The molecule has 0 aromatic heterocycles. The highest BCUT2D eigenvalue weighted by Crippen LogP contribution is 2.47. The lowest BCUT2D eigenvalue weighted by Crippen LogP contribution is -2.40. The van der Waals surface area contributed by atoms with E-state index >= 15 is 0 Å². The SMILES string of the molecule is COP(=O)(CC(=O)C(C)(C)Oc1ccc(Oc2ccc(Cl)cc2)cc1)OC. The molecule has 0 fully saturated rings. The fraction of sp³-hybridized carbons (Fsp3) is 0.316. The third kappa shape index (κ3) is 6.08. The zero-order chi connectivity index (χ0) is 20.1. The number of halogens is 1. The zero-order valence-corrected chi connectivity index (χ0v) is 17.3. The van der Waals surface area contributed by atoms with E-state index in [1.807, 2.05) is 0 Å². The van der Waals surface area contributed by atoms with Crippen LogP contribution in [0, 0.1) is 0 Å². The molecule has 6 nitrogen and oxygen atoms in total. The lowest BCUT2D eigenvalue weighted by molar-refractivity contribution is -0.129. The Labute approximate surface area is 163 Å². The number of carbonyl (C=O) groups is 1. The number of ether oxygens (including phenoxy) is 2. The molecule has 0 spiro atoms. The lowest BCUT2D eigenvalue weighted by atomic mass is 10.1. The molecule has 0 aliphatic heterocycles. The highest BCUT2D eigenvalue weighted by atomic mass is 35.5. The standard InChI is InChI=1S/C19H22ClO6P/c1-19(2,18(21)13-27(22,23-3)24-4)26-17-11-9-16(10-12-17)25-15-7-5-14(20)6-8-15/h5-12H,13H2,1-4H3. The predicted molar refractivity (Wildman–Crippen MR) is 104 cm³/mol. The van der Waals surface area contributed by atoms with Crippen LogP contribution in [0.15, 0.2) is 48.5 Å². The maximum Gasteiger partial charge on any atom is 0.337 e. The van der Waals surface area contributed by atoms with Gasteiger partial charge in [-0.25, -0.2) is 0 Å². The zero-order valence-electron chi connectivity index (χ0n) is 15.6. The predicted octanol–water partition coefficient (Wildman–Crippen LogP) is 5.34. The smallest absolute Gasteiger partial charge is 0.337 e. The molecular weight excluding hydrogens is 391 g/mol. The molecule has 0 aliphatic rings. The number of carbonyl (C=O) groups excluding carboxylic acids is 1. The van der Waals surface area contributed by atoms with E-state index in [1.54, 1.807) is 62.4 Å². The molecule has 146 valence electrons. The second-order valence-corrected chi connectivity index (χ2v) is 8.90. The van der Waals surface area contributed by atoms with Gasteiger partial charge in [0, 0.05) is 19.2 Å². The first-order valence-electron chi connectivity index (χ1n) is 8.14. The molecule has 27 heavy (non-hydrogen) atoms. The fourth-order valence-corrected chi connectivity index (χ4v) is 3.40. The van der Waals surface area contributed by atoms with E-state index in [9.17, 15) is 9.36 Å². The summed E-state index contributed by atoms with van der Waals surface area (Å²) < 4.78 is 33.3. The van der Waals surface area contributed by atoms with Gasteiger partial charge in [0.05, 0.1) is 0 Å². The summed E-state index contributed by atoms with van der Waals surface area (Å²) >= 11 is 5.85. The van der Waals surface area contributed by atoms with Gasteiger partial charge in [-0.3, -0.25) is 9.36 Å². The second-order valence-electron chi connectivity index (χ2n) is 6.20. The van der Waals surface area contributed by atoms with Gasteiger partial charge in [-0.15, -0.1) is 0 Å². The van der Waals surface area contributed by atoms with Crippen molar-refractivity contribution in [2.75, 3.05) is 20.4 Å². The lowest BCUT2D eigenvalue weighted by Gasteiger charge is -2.26. The summed E-state index contributed by atoms with van der Waals surface area (Å²) in [6.07, 6.45) is -0.370. The first-order chi connectivity index (χ1) is 12.7. The minimum atomic E-state index is -3.45. The fourth-order valence-electron chi connectivity index (χ4n) is 2.14. The highest BCUT2D eigenvalue weighted by Gasteiger charge is 2.36. The van der Waals surface area contributed by atoms with Crippen LogP contribution in [0.4, 0.5) is 0 Å². The van der Waals surface area contributed by atoms with Crippen molar-refractivity contribution in [1.82, 2.24) is 0 Å². The monoisotopic (exact) mass is 412 g/mol. The van der Waals surface area contributed by atoms with Gasteiger partial charge < -0.3 is 18.5 Å². The van der Waals surface area contributed by atoms with E-state index < -0.39 is 19.0 Å². The van der Waals surface area contributed by atoms with Crippen LogP contribution >= 0.6 is 19.2 Å². The Kier molecular flexibility index (Phi) is 7.06. The third-order valence-electron chi connectivity index (χ3n) is 3.81. The van der Waals surface area contributed by atoms with E-state index in [0.717, 1.165) is 0 Å². The Morgan fingerprint density at radius 1 is 0.926 bits per heavy atom. The van der Waals surface area contributed by atoms with Crippen molar-refractivity contribution in [3.05, 3.63) is 53.6 Å². The van der Waals surface area contributed by atoms with Gasteiger partial charge in [0.2, 0.25) is 0 Å².